The number of Topliss-reactive ketones (excluding diaryl/α,β-unsaturated/α-hetero) is 1. The monoisotopic (exact) mass is 572 g/mol. The van der Waals surface area contributed by atoms with Crippen LogP contribution in [0.2, 0.25) is 10.0 Å². The van der Waals surface area contributed by atoms with E-state index in [2.05, 4.69) is 26.0 Å². The summed E-state index contributed by atoms with van der Waals surface area (Å²) in [6, 6.07) is 19.9. The van der Waals surface area contributed by atoms with Crippen LogP contribution in [0.5, 0.6) is 0 Å². The Labute approximate surface area is 246 Å². The van der Waals surface area contributed by atoms with Crippen LogP contribution in [0, 0.1) is 13.8 Å². The highest BCUT2D eigenvalue weighted by molar-refractivity contribution is 6.42. The molecule has 0 radical (unpaired) electrons. The maximum atomic E-state index is 14.3. The number of rotatable bonds is 5. The number of hydrogen-bond donors (Lipinski definition) is 1. The lowest BCUT2D eigenvalue weighted by Gasteiger charge is -2.44. The smallest absolute Gasteiger partial charge is 0.240 e. The lowest BCUT2D eigenvalue weighted by molar-refractivity contribution is -0.137. The van der Waals surface area contributed by atoms with Gasteiger partial charge >= 0.3 is 0 Å². The zero-order valence-corrected chi connectivity index (χ0v) is 24.4. The summed E-state index contributed by atoms with van der Waals surface area (Å²) in [4.78, 5) is 30.3. The van der Waals surface area contributed by atoms with Crippen LogP contribution in [0.3, 0.4) is 0 Å². The minimum Gasteiger partial charge on any atom is -0.327 e. The highest BCUT2D eigenvalue weighted by Crippen LogP contribution is 2.40. The van der Waals surface area contributed by atoms with Gasteiger partial charge in [-0.2, -0.15) is 0 Å². The third kappa shape index (κ3) is 5.95. The van der Waals surface area contributed by atoms with Gasteiger partial charge in [-0.15, -0.1) is 0 Å². The fourth-order valence-electron chi connectivity index (χ4n) is 5.84. The van der Waals surface area contributed by atoms with E-state index in [1.807, 2.05) is 59.5 Å². The molecule has 0 spiro atoms. The largest absolute Gasteiger partial charge is 0.327 e. The van der Waals surface area contributed by atoms with E-state index < -0.39 is 6.04 Å². The van der Waals surface area contributed by atoms with Crippen molar-refractivity contribution in [3.8, 4) is 0 Å². The van der Waals surface area contributed by atoms with Crippen LogP contribution in [-0.2, 0) is 16.0 Å². The molecule has 1 amide bonds. The molecule has 3 aromatic rings. The van der Waals surface area contributed by atoms with Gasteiger partial charge < -0.3 is 10.6 Å². The number of amides is 1. The third-order valence-electron chi connectivity index (χ3n) is 8.11. The van der Waals surface area contributed by atoms with Gasteiger partial charge in [0, 0.05) is 11.1 Å². The van der Waals surface area contributed by atoms with Crippen molar-refractivity contribution in [2.45, 2.75) is 64.1 Å². The van der Waals surface area contributed by atoms with Crippen LogP contribution in [-0.4, -0.2) is 34.7 Å². The maximum absolute atomic E-state index is 14.3. The lowest BCUT2D eigenvalue weighted by Crippen LogP contribution is -2.58. The van der Waals surface area contributed by atoms with E-state index >= 15 is 0 Å². The van der Waals surface area contributed by atoms with E-state index in [9.17, 15) is 9.59 Å². The Hall–Kier alpha value is -3.18. The van der Waals surface area contributed by atoms with Crippen LogP contribution in [0.4, 0.5) is 0 Å². The van der Waals surface area contributed by atoms with E-state index in [4.69, 9.17) is 28.9 Å². The average molecular weight is 574 g/mol. The van der Waals surface area contributed by atoms with Gasteiger partial charge in [0.25, 0.3) is 0 Å². The molecule has 2 bridgehead atoms. The van der Waals surface area contributed by atoms with E-state index in [0.29, 0.717) is 34.0 Å². The third-order valence-corrected chi connectivity index (χ3v) is 8.85. The summed E-state index contributed by atoms with van der Waals surface area (Å²) in [6.07, 6.45) is 7.55. The van der Waals surface area contributed by atoms with Gasteiger partial charge in [0.15, 0.2) is 5.78 Å². The molecule has 2 aliphatic rings. The molecule has 2 aliphatic heterocycles. The van der Waals surface area contributed by atoms with Crippen LogP contribution >= 0.6 is 23.2 Å². The number of carbonyl (C=O) groups is 2. The molecule has 3 aromatic carbocycles. The van der Waals surface area contributed by atoms with Crippen molar-refractivity contribution in [1.29, 1.82) is 0 Å². The number of nitrogens with zero attached hydrogens (tertiary/aromatic N) is 1. The van der Waals surface area contributed by atoms with Gasteiger partial charge in [-0.25, -0.2) is 0 Å². The predicted molar refractivity (Wildman–Crippen MR) is 164 cm³/mol. The van der Waals surface area contributed by atoms with E-state index in [1.54, 1.807) is 12.1 Å². The Kier molecular flexibility index (Phi) is 8.60. The maximum Gasteiger partial charge on any atom is 0.240 e. The topological polar surface area (TPSA) is 63.4 Å². The van der Waals surface area contributed by atoms with Crippen LogP contribution in [0.15, 0.2) is 77.9 Å². The molecule has 4 nitrogen and oxygen atoms in total. The van der Waals surface area contributed by atoms with Gasteiger partial charge in [-0.3, -0.25) is 9.59 Å². The zero-order valence-electron chi connectivity index (χ0n) is 22.9. The lowest BCUT2D eigenvalue weighted by atomic mass is 9.81. The number of nitrogens with two attached hydrogens (primary N) is 1. The summed E-state index contributed by atoms with van der Waals surface area (Å²) in [5.74, 6) is -0.152. The molecule has 2 saturated heterocycles. The van der Waals surface area contributed by atoms with Crippen molar-refractivity contribution < 1.29 is 9.59 Å². The number of aryl methyl sites for hydroxylation is 2. The van der Waals surface area contributed by atoms with Gasteiger partial charge in [-0.05, 0) is 85.2 Å². The second-order valence-electron chi connectivity index (χ2n) is 10.9. The van der Waals surface area contributed by atoms with Crippen LogP contribution in [0.25, 0.3) is 12.2 Å². The number of ketones is 1. The molecule has 2 N–H and O–H groups in total. The summed E-state index contributed by atoms with van der Waals surface area (Å²) in [5.41, 5.74) is 12.9. The molecular formula is C34H34Cl2N2O2. The van der Waals surface area contributed by atoms with Crippen molar-refractivity contribution in [1.82, 2.24) is 4.90 Å². The van der Waals surface area contributed by atoms with Crippen LogP contribution in [0.1, 0.15) is 53.5 Å². The molecule has 0 aliphatic carbocycles. The highest BCUT2D eigenvalue weighted by atomic mass is 35.5. The summed E-state index contributed by atoms with van der Waals surface area (Å²) in [6.45, 7) is 4.14. The highest BCUT2D eigenvalue weighted by Gasteiger charge is 2.46. The molecule has 206 valence electrons. The Balaban J connectivity index is 1.62. The first-order valence-electron chi connectivity index (χ1n) is 13.8. The van der Waals surface area contributed by atoms with Gasteiger partial charge in [0.2, 0.25) is 5.91 Å². The molecule has 40 heavy (non-hydrogen) atoms. The minimum absolute atomic E-state index is 0.0260. The first kappa shape index (κ1) is 28.4. The second-order valence-corrected chi connectivity index (χ2v) is 11.7. The Morgan fingerprint density at radius 2 is 1.48 bits per heavy atom. The molecule has 2 fully saturated rings. The molecular weight excluding hydrogens is 539 g/mol. The SMILES string of the molecule is Cc1ccc(/C=C2/C(=O)/C(=C/c3ccc(Cl)c(Cl)c3)C3CCCCC2N3C(=O)[C@@H](N)Cc2ccccc2)cc1C. The normalized spacial score (nSPS) is 21.9. The average Bonchev–Trinajstić information content (AvgIpc) is 3.13. The molecule has 3 atom stereocenters. The Morgan fingerprint density at radius 1 is 0.875 bits per heavy atom. The standard InChI is InChI=1S/C34H34Cl2N2O2/c1-21-12-13-24(16-22(21)2)17-26-31-10-6-7-11-32(27(33(26)39)18-25-14-15-28(35)29(36)19-25)38(31)34(40)30(37)20-23-8-4-3-5-9-23/h3-5,8-9,12-19,30-32H,6-7,10-11,20,37H2,1-2H3/b26-17+,27-18+/t30-,31?,32?/m0/s1. The van der Waals surface area contributed by atoms with E-state index in [0.717, 1.165) is 41.5 Å². The van der Waals surface area contributed by atoms with Crippen molar-refractivity contribution in [2.24, 2.45) is 5.73 Å². The summed E-state index contributed by atoms with van der Waals surface area (Å²) in [5, 5.41) is 0.870. The first-order valence-corrected chi connectivity index (χ1v) is 14.6. The van der Waals surface area contributed by atoms with Crippen LogP contribution < -0.4 is 5.73 Å². The number of benzene rings is 3. The fraction of sp³-hybridized carbons (Fsp3) is 0.294. The summed E-state index contributed by atoms with van der Waals surface area (Å²) in [7, 11) is 0. The Morgan fingerprint density at radius 3 is 2.08 bits per heavy atom. The van der Waals surface area contributed by atoms with Gasteiger partial charge in [0.1, 0.15) is 0 Å². The molecule has 0 aromatic heterocycles. The quantitative estimate of drug-likeness (QED) is 0.324. The molecule has 0 saturated carbocycles. The number of fused-ring (bicyclic) bond motifs is 2. The second kappa shape index (κ2) is 12.1. The van der Waals surface area contributed by atoms with E-state index in [1.165, 1.54) is 5.56 Å². The number of hydrogen-bond acceptors (Lipinski definition) is 3. The van der Waals surface area contributed by atoms with Gasteiger partial charge in [-0.1, -0.05) is 90.6 Å². The summed E-state index contributed by atoms with van der Waals surface area (Å²) < 4.78 is 0. The van der Waals surface area contributed by atoms with Crippen molar-refractivity contribution in [3.05, 3.63) is 116 Å². The molecule has 2 unspecified atom stereocenters. The Bertz CT molecular complexity index is 1410. The van der Waals surface area contributed by atoms with Gasteiger partial charge in [0.05, 0.1) is 28.2 Å². The first-order chi connectivity index (χ1) is 19.2. The molecule has 5 rings (SSSR count). The summed E-state index contributed by atoms with van der Waals surface area (Å²) >= 11 is 12.5. The number of piperidine rings is 1. The van der Waals surface area contributed by atoms with E-state index in [-0.39, 0.29) is 23.8 Å². The zero-order chi connectivity index (χ0) is 28.4. The minimum atomic E-state index is -0.715. The van der Waals surface area contributed by atoms with Crippen molar-refractivity contribution >= 4 is 47.0 Å². The molecule has 6 heteroatoms. The van der Waals surface area contributed by atoms with Crippen molar-refractivity contribution in [2.75, 3.05) is 0 Å². The fourth-order valence-corrected chi connectivity index (χ4v) is 6.15. The van der Waals surface area contributed by atoms with Crippen molar-refractivity contribution in [3.63, 3.8) is 0 Å². The predicted octanol–water partition coefficient (Wildman–Crippen LogP) is 7.37. The molecule has 2 heterocycles. The number of carbonyl (C=O) groups excluding carboxylic acids is 2. The number of halogens is 2.